The number of benzene rings is 1. The molecule has 0 heterocycles. The maximum absolute atomic E-state index is 13.3. The predicted octanol–water partition coefficient (Wildman–Crippen LogP) is 3.22. The van der Waals surface area contributed by atoms with Crippen LogP contribution in [0, 0.1) is 5.82 Å². The molecule has 1 aromatic carbocycles. The maximum Gasteiger partial charge on any atom is 0.147 e. The molecular weight excluding hydrogens is 226 g/mol. The number of Topliss-reactive ketones (excluding diaryl/α,β-unsaturated/α-hetero) is 1. The lowest BCUT2D eigenvalue weighted by Crippen LogP contribution is -2.02. The summed E-state index contributed by atoms with van der Waals surface area (Å²) in [5.74, 6) is -0.565. The van der Waals surface area contributed by atoms with Crippen molar-refractivity contribution in [3.05, 3.63) is 34.6 Å². The first-order valence-electron chi connectivity index (χ1n) is 4.15. The van der Waals surface area contributed by atoms with Gasteiger partial charge in [0.15, 0.2) is 0 Å². The normalized spacial score (nSPS) is 10.2. The second-order valence-electron chi connectivity index (χ2n) is 2.89. The lowest BCUT2D eigenvalue weighted by molar-refractivity contribution is -0.116. The molecule has 1 rings (SSSR count). The number of ketones is 1. The number of alkyl halides is 1. The monoisotopic (exact) mass is 234 g/mol. The van der Waals surface area contributed by atoms with Gasteiger partial charge in [-0.15, -0.1) is 11.6 Å². The Bertz CT molecular complexity index is 339. The molecule has 0 fully saturated rings. The summed E-state index contributed by atoms with van der Waals surface area (Å²) in [5.41, 5.74) is 0.455. The summed E-state index contributed by atoms with van der Waals surface area (Å²) >= 11 is 10.9. The largest absolute Gasteiger partial charge is 0.298 e. The highest BCUT2D eigenvalue weighted by atomic mass is 35.5. The first-order valence-corrected chi connectivity index (χ1v) is 5.07. The third-order valence-electron chi connectivity index (χ3n) is 1.85. The zero-order chi connectivity index (χ0) is 10.6. The Morgan fingerprint density at radius 2 is 2.14 bits per heavy atom. The fourth-order valence-electron chi connectivity index (χ4n) is 1.08. The Labute approximate surface area is 91.8 Å². The lowest BCUT2D eigenvalue weighted by Gasteiger charge is -2.02. The van der Waals surface area contributed by atoms with Crippen LogP contribution in [-0.4, -0.2) is 11.7 Å². The molecule has 14 heavy (non-hydrogen) atoms. The average Bonchev–Trinajstić information content (AvgIpc) is 2.20. The second-order valence-corrected chi connectivity index (χ2v) is 3.56. The van der Waals surface area contributed by atoms with Crippen molar-refractivity contribution in [1.82, 2.24) is 0 Å². The first-order chi connectivity index (χ1) is 6.65. The van der Waals surface area contributed by atoms with Crippen molar-refractivity contribution in [3.8, 4) is 0 Å². The van der Waals surface area contributed by atoms with Gasteiger partial charge >= 0.3 is 0 Å². The summed E-state index contributed by atoms with van der Waals surface area (Å²) in [6.45, 7) is 0. The van der Waals surface area contributed by atoms with Gasteiger partial charge in [0.05, 0.1) is 10.9 Å². The van der Waals surface area contributed by atoms with Crippen LogP contribution >= 0.6 is 23.2 Å². The third kappa shape index (κ3) is 2.96. The molecule has 76 valence electrons. The van der Waals surface area contributed by atoms with E-state index in [0.29, 0.717) is 12.0 Å². The zero-order valence-corrected chi connectivity index (χ0v) is 8.91. The van der Waals surface area contributed by atoms with E-state index >= 15 is 0 Å². The minimum Gasteiger partial charge on any atom is -0.298 e. The van der Waals surface area contributed by atoms with Crippen LogP contribution in [0.1, 0.15) is 12.0 Å². The number of rotatable bonds is 4. The Hall–Kier alpha value is -0.600. The van der Waals surface area contributed by atoms with Crippen LogP contribution in [0.5, 0.6) is 0 Å². The SMILES string of the molecule is O=C(CCl)CCc1cccc(Cl)c1F. The first kappa shape index (κ1) is 11.5. The van der Waals surface area contributed by atoms with Crippen LogP contribution < -0.4 is 0 Å². The van der Waals surface area contributed by atoms with Gasteiger partial charge < -0.3 is 0 Å². The highest BCUT2D eigenvalue weighted by Gasteiger charge is 2.07. The molecule has 1 aromatic rings. The smallest absolute Gasteiger partial charge is 0.147 e. The minimum atomic E-state index is -0.448. The van der Waals surface area contributed by atoms with E-state index in [1.807, 2.05) is 0 Å². The molecule has 0 aliphatic heterocycles. The summed E-state index contributed by atoms with van der Waals surface area (Å²) < 4.78 is 13.3. The molecule has 4 heteroatoms. The molecular formula is C10H9Cl2FO. The molecule has 1 nitrogen and oxygen atoms in total. The third-order valence-corrected chi connectivity index (χ3v) is 2.44. The van der Waals surface area contributed by atoms with Crippen molar-refractivity contribution in [1.29, 1.82) is 0 Å². The second kappa shape index (κ2) is 5.32. The Balaban J connectivity index is 2.68. The lowest BCUT2D eigenvalue weighted by atomic mass is 10.1. The molecule has 0 aliphatic rings. The number of carbonyl (C=O) groups is 1. The zero-order valence-electron chi connectivity index (χ0n) is 7.40. The van der Waals surface area contributed by atoms with Gasteiger partial charge in [0.1, 0.15) is 11.6 Å². The van der Waals surface area contributed by atoms with Crippen LogP contribution in [0.15, 0.2) is 18.2 Å². The average molecular weight is 235 g/mol. The van der Waals surface area contributed by atoms with Crippen LogP contribution in [0.4, 0.5) is 4.39 Å². The van der Waals surface area contributed by atoms with Crippen LogP contribution in [0.25, 0.3) is 0 Å². The molecule has 0 N–H and O–H groups in total. The van der Waals surface area contributed by atoms with Gasteiger partial charge in [0.2, 0.25) is 0 Å². The van der Waals surface area contributed by atoms with Gasteiger partial charge in [-0.05, 0) is 18.1 Å². The predicted molar refractivity (Wildman–Crippen MR) is 55.5 cm³/mol. The summed E-state index contributed by atoms with van der Waals surface area (Å²) in [5, 5.41) is 0.0841. The molecule has 0 radical (unpaired) electrons. The number of carbonyl (C=O) groups excluding carboxylic acids is 1. The molecule has 0 bridgehead atoms. The van der Waals surface area contributed by atoms with Crippen molar-refractivity contribution in [2.24, 2.45) is 0 Å². The van der Waals surface area contributed by atoms with Gasteiger partial charge in [0, 0.05) is 6.42 Å². The highest BCUT2D eigenvalue weighted by Crippen LogP contribution is 2.18. The van der Waals surface area contributed by atoms with E-state index < -0.39 is 5.82 Å². The fraction of sp³-hybridized carbons (Fsp3) is 0.300. The van der Waals surface area contributed by atoms with E-state index in [1.165, 1.54) is 6.07 Å². The molecule has 0 aliphatic carbocycles. The van der Waals surface area contributed by atoms with Crippen LogP contribution in [-0.2, 0) is 11.2 Å². The summed E-state index contributed by atoms with van der Waals surface area (Å²) in [4.78, 5) is 10.9. The number of hydrogen-bond donors (Lipinski definition) is 0. The number of aryl methyl sites for hydroxylation is 1. The summed E-state index contributed by atoms with van der Waals surface area (Å²) in [7, 11) is 0. The van der Waals surface area contributed by atoms with E-state index in [-0.39, 0.29) is 23.1 Å². The fourth-order valence-corrected chi connectivity index (χ4v) is 1.41. The Kier molecular flexibility index (Phi) is 4.36. The van der Waals surface area contributed by atoms with E-state index in [0.717, 1.165) is 0 Å². The number of halogens is 3. The van der Waals surface area contributed by atoms with Gasteiger partial charge in [-0.3, -0.25) is 4.79 Å². The molecule has 0 spiro atoms. The quantitative estimate of drug-likeness (QED) is 0.732. The highest BCUT2D eigenvalue weighted by molar-refractivity contribution is 6.30. The van der Waals surface area contributed by atoms with Crippen LogP contribution in [0.3, 0.4) is 0 Å². The van der Waals surface area contributed by atoms with Crippen LogP contribution in [0.2, 0.25) is 5.02 Å². The van der Waals surface area contributed by atoms with E-state index in [4.69, 9.17) is 23.2 Å². The van der Waals surface area contributed by atoms with Crippen molar-refractivity contribution in [2.75, 3.05) is 5.88 Å². The van der Waals surface area contributed by atoms with E-state index in [9.17, 15) is 9.18 Å². The van der Waals surface area contributed by atoms with Crippen molar-refractivity contribution >= 4 is 29.0 Å². The molecule has 0 aromatic heterocycles. The van der Waals surface area contributed by atoms with Gasteiger partial charge in [-0.2, -0.15) is 0 Å². The molecule has 0 unspecified atom stereocenters. The van der Waals surface area contributed by atoms with Crippen molar-refractivity contribution in [3.63, 3.8) is 0 Å². The number of hydrogen-bond acceptors (Lipinski definition) is 1. The Morgan fingerprint density at radius 1 is 1.43 bits per heavy atom. The summed E-state index contributed by atoms with van der Waals surface area (Å²) in [6.07, 6.45) is 0.596. The molecule has 0 saturated carbocycles. The van der Waals surface area contributed by atoms with Gasteiger partial charge in [0.25, 0.3) is 0 Å². The Morgan fingerprint density at radius 3 is 2.79 bits per heavy atom. The summed E-state index contributed by atoms with van der Waals surface area (Å²) in [6, 6.07) is 4.75. The van der Waals surface area contributed by atoms with Crippen molar-refractivity contribution in [2.45, 2.75) is 12.8 Å². The standard InChI is InChI=1S/C10H9Cl2FO/c11-6-8(14)5-4-7-2-1-3-9(12)10(7)13/h1-3H,4-6H2. The molecule has 0 saturated heterocycles. The van der Waals surface area contributed by atoms with E-state index in [2.05, 4.69) is 0 Å². The van der Waals surface area contributed by atoms with E-state index in [1.54, 1.807) is 12.1 Å². The molecule has 0 amide bonds. The van der Waals surface area contributed by atoms with Gasteiger partial charge in [-0.1, -0.05) is 23.7 Å². The minimum absolute atomic E-state index is 0.0256. The maximum atomic E-state index is 13.3. The topological polar surface area (TPSA) is 17.1 Å². The molecule has 0 atom stereocenters. The van der Waals surface area contributed by atoms with Crippen molar-refractivity contribution < 1.29 is 9.18 Å². The van der Waals surface area contributed by atoms with Gasteiger partial charge in [-0.25, -0.2) is 4.39 Å².